The van der Waals surface area contributed by atoms with Crippen molar-refractivity contribution in [3.8, 4) is 0 Å². The quantitative estimate of drug-likeness (QED) is 0.311. The van der Waals surface area contributed by atoms with Crippen LogP contribution in [-0.4, -0.2) is 47.1 Å². The first-order valence-electron chi connectivity index (χ1n) is 4.79. The molecule has 1 aromatic rings. The first-order chi connectivity index (χ1) is 7.87. The van der Waals surface area contributed by atoms with Crippen LogP contribution < -0.4 is 5.73 Å². The first kappa shape index (κ1) is 13.5. The summed E-state index contributed by atoms with van der Waals surface area (Å²) in [5.41, 5.74) is 5.27. The van der Waals surface area contributed by atoms with Crippen molar-refractivity contribution in [1.29, 1.82) is 0 Å². The average molecular weight is 261 g/mol. The number of nitrogens with zero attached hydrogens (tertiary/aromatic N) is 4. The van der Waals surface area contributed by atoms with Crippen LogP contribution >= 0.6 is 0 Å². The Labute approximate surface area is 99.4 Å². The van der Waals surface area contributed by atoms with Gasteiger partial charge in [-0.05, 0) is 0 Å². The Kier molecular flexibility index (Phi) is 4.07. The summed E-state index contributed by atoms with van der Waals surface area (Å²) in [7, 11) is -0.506. The molecule has 0 saturated heterocycles. The Balaban J connectivity index is 2.78. The first-order valence-corrected chi connectivity index (χ1v) is 6.23. The number of amidine groups is 1. The maximum absolute atomic E-state index is 12.0. The monoisotopic (exact) mass is 261 g/mol. The van der Waals surface area contributed by atoms with Crippen molar-refractivity contribution in [3.63, 3.8) is 0 Å². The van der Waals surface area contributed by atoms with Gasteiger partial charge in [-0.2, -0.15) is 5.10 Å². The second kappa shape index (κ2) is 5.15. The average Bonchev–Trinajstić information content (AvgIpc) is 2.72. The molecule has 17 heavy (non-hydrogen) atoms. The highest BCUT2D eigenvalue weighted by Gasteiger charge is 2.22. The van der Waals surface area contributed by atoms with Gasteiger partial charge in [0.2, 0.25) is 10.0 Å². The molecule has 8 nitrogen and oxygen atoms in total. The largest absolute Gasteiger partial charge is 0.409 e. The molecule has 0 bridgehead atoms. The van der Waals surface area contributed by atoms with E-state index in [0.717, 1.165) is 4.31 Å². The van der Waals surface area contributed by atoms with Crippen molar-refractivity contribution in [2.75, 3.05) is 13.6 Å². The third kappa shape index (κ3) is 3.17. The van der Waals surface area contributed by atoms with Crippen LogP contribution in [0.2, 0.25) is 0 Å². The predicted octanol–water partition coefficient (Wildman–Crippen LogP) is -0.823. The van der Waals surface area contributed by atoms with Crippen LogP contribution in [0.4, 0.5) is 0 Å². The summed E-state index contributed by atoms with van der Waals surface area (Å²) in [6.45, 7) is 0.132. The molecule has 0 atom stereocenters. The fourth-order valence-corrected chi connectivity index (χ4v) is 2.31. The summed E-state index contributed by atoms with van der Waals surface area (Å²) in [6, 6.07) is 0. The minimum absolute atomic E-state index is 0.0155. The van der Waals surface area contributed by atoms with Crippen molar-refractivity contribution in [2.24, 2.45) is 17.9 Å². The van der Waals surface area contributed by atoms with E-state index in [2.05, 4.69) is 10.3 Å². The van der Waals surface area contributed by atoms with E-state index in [1.54, 1.807) is 7.05 Å². The zero-order valence-corrected chi connectivity index (χ0v) is 10.4. The van der Waals surface area contributed by atoms with Crippen LogP contribution in [0.5, 0.6) is 0 Å². The lowest BCUT2D eigenvalue weighted by Gasteiger charge is -2.15. The van der Waals surface area contributed by atoms with Gasteiger partial charge >= 0.3 is 0 Å². The lowest BCUT2D eigenvalue weighted by atomic mass is 10.4. The molecule has 0 aliphatic heterocycles. The van der Waals surface area contributed by atoms with Crippen LogP contribution in [0.1, 0.15) is 6.42 Å². The fraction of sp³-hybridized carbons (Fsp3) is 0.500. The molecule has 0 saturated carbocycles. The van der Waals surface area contributed by atoms with E-state index in [4.69, 9.17) is 10.9 Å². The number of nitrogens with two attached hydrogens (primary N) is 1. The van der Waals surface area contributed by atoms with Gasteiger partial charge in [-0.25, -0.2) is 12.7 Å². The van der Waals surface area contributed by atoms with E-state index in [-0.39, 0.29) is 23.7 Å². The summed E-state index contributed by atoms with van der Waals surface area (Å²) in [4.78, 5) is 0.113. The second-order valence-corrected chi connectivity index (χ2v) is 5.56. The van der Waals surface area contributed by atoms with E-state index in [9.17, 15) is 8.42 Å². The highest BCUT2D eigenvalue weighted by Crippen LogP contribution is 2.12. The van der Waals surface area contributed by atoms with Gasteiger partial charge < -0.3 is 10.9 Å². The van der Waals surface area contributed by atoms with Crippen molar-refractivity contribution in [1.82, 2.24) is 14.1 Å². The molecule has 0 aliphatic carbocycles. The zero-order chi connectivity index (χ0) is 13.1. The minimum Gasteiger partial charge on any atom is -0.409 e. The summed E-state index contributed by atoms with van der Waals surface area (Å²) in [6.07, 6.45) is 2.84. The van der Waals surface area contributed by atoms with Gasteiger partial charge in [-0.1, -0.05) is 5.16 Å². The summed E-state index contributed by atoms with van der Waals surface area (Å²) < 4.78 is 26.5. The lowest BCUT2D eigenvalue weighted by molar-refractivity contribution is 0.316. The Morgan fingerprint density at radius 3 is 2.82 bits per heavy atom. The number of rotatable bonds is 5. The SMILES string of the molecule is CN(CC/C(N)=N/O)S(=O)(=O)c1cnn(C)c1. The molecule has 96 valence electrons. The van der Waals surface area contributed by atoms with Gasteiger partial charge in [-0.3, -0.25) is 4.68 Å². The van der Waals surface area contributed by atoms with Crippen LogP contribution in [0, 0.1) is 0 Å². The molecule has 9 heteroatoms. The van der Waals surface area contributed by atoms with Crippen molar-refractivity contribution in [2.45, 2.75) is 11.3 Å². The zero-order valence-electron chi connectivity index (χ0n) is 9.61. The molecule has 0 spiro atoms. The minimum atomic E-state index is -3.56. The maximum atomic E-state index is 12.0. The number of aromatic nitrogens is 2. The Morgan fingerprint density at radius 2 is 2.35 bits per heavy atom. The molecule has 1 heterocycles. The Hall–Kier alpha value is -1.61. The molecule has 3 N–H and O–H groups in total. The third-order valence-corrected chi connectivity index (χ3v) is 4.01. The van der Waals surface area contributed by atoms with Gasteiger partial charge in [0, 0.05) is 33.3 Å². The van der Waals surface area contributed by atoms with Crippen LogP contribution in [-0.2, 0) is 17.1 Å². The van der Waals surface area contributed by atoms with Gasteiger partial charge in [0.15, 0.2) is 0 Å². The molecule has 0 fully saturated rings. The van der Waals surface area contributed by atoms with Crippen LogP contribution in [0.15, 0.2) is 22.4 Å². The summed E-state index contributed by atoms with van der Waals surface area (Å²) in [5.74, 6) is -0.0155. The second-order valence-electron chi connectivity index (χ2n) is 3.52. The standard InChI is InChI=1S/C8H15N5O3S/c1-12-6-7(5-10-12)17(15,16)13(2)4-3-8(9)11-14/h5-6,14H,3-4H2,1-2H3,(H2,9,11). The molecule has 1 rings (SSSR count). The summed E-state index contributed by atoms with van der Waals surface area (Å²) in [5, 5.41) is 14.9. The summed E-state index contributed by atoms with van der Waals surface area (Å²) >= 11 is 0. The van der Waals surface area contributed by atoms with E-state index in [0.29, 0.717) is 0 Å². The smallest absolute Gasteiger partial charge is 0.245 e. The van der Waals surface area contributed by atoms with E-state index in [1.807, 2.05) is 0 Å². The van der Waals surface area contributed by atoms with Gasteiger partial charge in [0.05, 0.1) is 6.20 Å². The molecule has 0 aliphatic rings. The third-order valence-electron chi connectivity index (χ3n) is 2.20. The number of sulfonamides is 1. The van der Waals surface area contributed by atoms with Gasteiger partial charge in [0.25, 0.3) is 0 Å². The van der Waals surface area contributed by atoms with E-state index in [1.165, 1.54) is 24.1 Å². The molecular formula is C8H15N5O3S. The highest BCUT2D eigenvalue weighted by molar-refractivity contribution is 7.89. The van der Waals surface area contributed by atoms with E-state index >= 15 is 0 Å². The number of oxime groups is 1. The van der Waals surface area contributed by atoms with Gasteiger partial charge in [-0.15, -0.1) is 0 Å². The molecule has 1 aromatic heterocycles. The van der Waals surface area contributed by atoms with Crippen molar-refractivity contribution < 1.29 is 13.6 Å². The van der Waals surface area contributed by atoms with Crippen LogP contribution in [0.25, 0.3) is 0 Å². The van der Waals surface area contributed by atoms with Crippen molar-refractivity contribution in [3.05, 3.63) is 12.4 Å². The molecule has 0 unspecified atom stereocenters. The van der Waals surface area contributed by atoms with Crippen molar-refractivity contribution >= 4 is 15.9 Å². The molecular weight excluding hydrogens is 246 g/mol. The maximum Gasteiger partial charge on any atom is 0.245 e. The number of hydrogen-bond acceptors (Lipinski definition) is 5. The Morgan fingerprint density at radius 1 is 1.71 bits per heavy atom. The van der Waals surface area contributed by atoms with Gasteiger partial charge in [0.1, 0.15) is 10.7 Å². The topological polar surface area (TPSA) is 114 Å². The Bertz CT molecular complexity index is 507. The number of hydrogen-bond donors (Lipinski definition) is 2. The molecule has 0 radical (unpaired) electrons. The predicted molar refractivity (Wildman–Crippen MR) is 61.0 cm³/mol. The van der Waals surface area contributed by atoms with Crippen LogP contribution in [0.3, 0.4) is 0 Å². The molecule has 0 amide bonds. The lowest BCUT2D eigenvalue weighted by Crippen LogP contribution is -2.30. The molecule has 0 aromatic carbocycles. The fourth-order valence-electron chi connectivity index (χ4n) is 1.15. The normalized spacial score (nSPS) is 13.2. The van der Waals surface area contributed by atoms with E-state index < -0.39 is 10.0 Å². The number of aryl methyl sites for hydroxylation is 1. The highest BCUT2D eigenvalue weighted by atomic mass is 32.2.